The quantitative estimate of drug-likeness (QED) is 0.833. The Kier molecular flexibility index (Phi) is 6.96. The van der Waals surface area contributed by atoms with Gasteiger partial charge in [0, 0.05) is 0 Å². The summed E-state index contributed by atoms with van der Waals surface area (Å²) >= 11 is 12.1. The zero-order chi connectivity index (χ0) is 15.9. The van der Waals surface area contributed by atoms with Gasteiger partial charge in [0.15, 0.2) is 0 Å². The second-order valence-corrected chi connectivity index (χ2v) is 6.49. The van der Waals surface area contributed by atoms with Crippen LogP contribution in [0.2, 0.25) is 10.0 Å². The van der Waals surface area contributed by atoms with E-state index in [4.69, 9.17) is 23.2 Å². The van der Waals surface area contributed by atoms with Crippen molar-refractivity contribution in [1.82, 2.24) is 10.2 Å². The maximum absolute atomic E-state index is 12.2. The molecule has 0 bridgehead atoms. The van der Waals surface area contributed by atoms with Gasteiger partial charge >= 0.3 is 0 Å². The van der Waals surface area contributed by atoms with E-state index in [1.54, 1.807) is 18.2 Å². The highest BCUT2D eigenvalue weighted by molar-refractivity contribution is 6.39. The smallest absolute Gasteiger partial charge is 0.238 e. The van der Waals surface area contributed by atoms with E-state index in [1.165, 1.54) is 0 Å². The van der Waals surface area contributed by atoms with E-state index >= 15 is 0 Å². The standard InChI is InChI=1S/C16H23Cl2N3O/c1-2-19-10-12-6-8-21(9-7-12)11-15(22)20-16-13(17)4-3-5-14(16)18/h3-5,12,19H,2,6-11H2,1H3,(H,20,22). The predicted octanol–water partition coefficient (Wildman–Crippen LogP) is 3.25. The summed E-state index contributed by atoms with van der Waals surface area (Å²) in [6.45, 7) is 6.52. The van der Waals surface area contributed by atoms with E-state index in [0.29, 0.717) is 22.3 Å². The van der Waals surface area contributed by atoms with Crippen LogP contribution in [0.5, 0.6) is 0 Å². The van der Waals surface area contributed by atoms with Crippen molar-refractivity contribution < 1.29 is 4.79 Å². The van der Waals surface area contributed by atoms with Gasteiger partial charge in [-0.1, -0.05) is 36.2 Å². The number of para-hydroxylation sites is 1. The molecule has 1 aromatic carbocycles. The van der Waals surface area contributed by atoms with Crippen molar-refractivity contribution >= 4 is 34.8 Å². The molecule has 1 fully saturated rings. The maximum Gasteiger partial charge on any atom is 0.238 e. The van der Waals surface area contributed by atoms with Gasteiger partial charge in [-0.2, -0.15) is 0 Å². The minimum absolute atomic E-state index is 0.0693. The molecule has 1 saturated heterocycles. The van der Waals surface area contributed by atoms with E-state index in [0.717, 1.165) is 44.9 Å². The number of likely N-dealkylation sites (tertiary alicyclic amines) is 1. The molecule has 2 rings (SSSR count). The third kappa shape index (κ3) is 5.13. The second-order valence-electron chi connectivity index (χ2n) is 5.67. The second kappa shape index (κ2) is 8.73. The van der Waals surface area contributed by atoms with E-state index < -0.39 is 0 Å². The Hall–Kier alpha value is -0.810. The van der Waals surface area contributed by atoms with Crippen LogP contribution in [0.1, 0.15) is 19.8 Å². The largest absolute Gasteiger partial charge is 0.322 e. The SMILES string of the molecule is CCNCC1CCN(CC(=O)Nc2c(Cl)cccc2Cl)CC1. The number of carbonyl (C=O) groups excluding carboxylic acids is 1. The lowest BCUT2D eigenvalue weighted by Crippen LogP contribution is -2.41. The van der Waals surface area contributed by atoms with Crippen molar-refractivity contribution in [2.45, 2.75) is 19.8 Å². The predicted molar refractivity (Wildman–Crippen MR) is 92.8 cm³/mol. The van der Waals surface area contributed by atoms with Crippen molar-refractivity contribution in [2.24, 2.45) is 5.92 Å². The van der Waals surface area contributed by atoms with Gasteiger partial charge in [0.2, 0.25) is 5.91 Å². The highest BCUT2D eigenvalue weighted by Gasteiger charge is 2.21. The molecule has 1 aromatic rings. The van der Waals surface area contributed by atoms with Crippen molar-refractivity contribution in [3.8, 4) is 0 Å². The minimum atomic E-state index is -0.0693. The zero-order valence-corrected chi connectivity index (χ0v) is 14.4. The molecule has 1 amide bonds. The summed E-state index contributed by atoms with van der Waals surface area (Å²) < 4.78 is 0. The normalized spacial score (nSPS) is 16.7. The Morgan fingerprint density at radius 1 is 1.27 bits per heavy atom. The molecule has 1 heterocycles. The topological polar surface area (TPSA) is 44.4 Å². The molecule has 1 aliphatic rings. The van der Waals surface area contributed by atoms with Crippen molar-refractivity contribution in [1.29, 1.82) is 0 Å². The molecule has 4 nitrogen and oxygen atoms in total. The summed E-state index contributed by atoms with van der Waals surface area (Å²) in [4.78, 5) is 14.3. The lowest BCUT2D eigenvalue weighted by atomic mass is 9.97. The van der Waals surface area contributed by atoms with Crippen molar-refractivity contribution in [3.63, 3.8) is 0 Å². The number of piperidine rings is 1. The van der Waals surface area contributed by atoms with Crippen LogP contribution in [-0.4, -0.2) is 43.5 Å². The van der Waals surface area contributed by atoms with Crippen molar-refractivity contribution in [2.75, 3.05) is 38.0 Å². The van der Waals surface area contributed by atoms with Gasteiger partial charge in [0.25, 0.3) is 0 Å². The summed E-state index contributed by atoms with van der Waals surface area (Å²) in [5.41, 5.74) is 0.498. The summed E-state index contributed by atoms with van der Waals surface area (Å²) in [6, 6.07) is 5.19. The van der Waals surface area contributed by atoms with Gasteiger partial charge < -0.3 is 10.6 Å². The number of hydrogen-bond donors (Lipinski definition) is 2. The summed E-state index contributed by atoms with van der Waals surface area (Å²) in [6.07, 6.45) is 2.26. The van der Waals surface area contributed by atoms with Crippen LogP contribution in [-0.2, 0) is 4.79 Å². The highest BCUT2D eigenvalue weighted by atomic mass is 35.5. The summed E-state index contributed by atoms with van der Waals surface area (Å²) in [5, 5.41) is 7.13. The number of amides is 1. The Labute approximate surface area is 142 Å². The third-order valence-electron chi connectivity index (χ3n) is 3.98. The van der Waals surface area contributed by atoms with Crippen LogP contribution in [0.15, 0.2) is 18.2 Å². The number of benzene rings is 1. The zero-order valence-electron chi connectivity index (χ0n) is 12.9. The fourth-order valence-electron chi connectivity index (χ4n) is 2.70. The van der Waals surface area contributed by atoms with Gasteiger partial charge in [-0.3, -0.25) is 9.69 Å². The number of nitrogens with one attached hydrogen (secondary N) is 2. The molecule has 0 atom stereocenters. The van der Waals surface area contributed by atoms with Gasteiger partial charge in [-0.15, -0.1) is 0 Å². The van der Waals surface area contributed by atoms with Crippen LogP contribution >= 0.6 is 23.2 Å². The molecule has 6 heteroatoms. The molecule has 0 aromatic heterocycles. The average Bonchev–Trinajstić information content (AvgIpc) is 2.50. The first-order chi connectivity index (χ1) is 10.6. The lowest BCUT2D eigenvalue weighted by molar-refractivity contribution is -0.117. The van der Waals surface area contributed by atoms with E-state index in [2.05, 4.69) is 22.5 Å². The van der Waals surface area contributed by atoms with Crippen LogP contribution in [0.4, 0.5) is 5.69 Å². The number of anilines is 1. The first kappa shape index (κ1) is 17.5. The minimum Gasteiger partial charge on any atom is -0.322 e. The molecule has 122 valence electrons. The van der Waals surface area contributed by atoms with Gasteiger partial charge in [-0.05, 0) is 57.1 Å². The number of nitrogens with zero attached hydrogens (tertiary/aromatic N) is 1. The number of halogens is 2. The Balaban J connectivity index is 1.79. The monoisotopic (exact) mass is 343 g/mol. The first-order valence-electron chi connectivity index (χ1n) is 7.77. The first-order valence-corrected chi connectivity index (χ1v) is 8.52. The number of carbonyl (C=O) groups is 1. The summed E-state index contributed by atoms with van der Waals surface area (Å²) in [7, 11) is 0. The molecule has 0 spiro atoms. The molecular formula is C16H23Cl2N3O. The number of rotatable bonds is 6. The molecule has 22 heavy (non-hydrogen) atoms. The van der Waals surface area contributed by atoms with Gasteiger partial charge in [0.05, 0.1) is 22.3 Å². The summed E-state index contributed by atoms with van der Waals surface area (Å²) in [5.74, 6) is 0.650. The Bertz CT molecular complexity index is 482. The molecule has 0 unspecified atom stereocenters. The van der Waals surface area contributed by atoms with E-state index in [1.807, 2.05) is 0 Å². The molecular weight excluding hydrogens is 321 g/mol. The average molecular weight is 344 g/mol. The fraction of sp³-hybridized carbons (Fsp3) is 0.562. The molecule has 2 N–H and O–H groups in total. The van der Waals surface area contributed by atoms with Crippen molar-refractivity contribution in [3.05, 3.63) is 28.2 Å². The lowest BCUT2D eigenvalue weighted by Gasteiger charge is -2.31. The third-order valence-corrected chi connectivity index (χ3v) is 4.61. The molecule has 0 aliphatic carbocycles. The van der Waals surface area contributed by atoms with Crippen LogP contribution in [0, 0.1) is 5.92 Å². The van der Waals surface area contributed by atoms with Crippen LogP contribution < -0.4 is 10.6 Å². The number of hydrogen-bond acceptors (Lipinski definition) is 3. The van der Waals surface area contributed by atoms with Gasteiger partial charge in [-0.25, -0.2) is 0 Å². The highest BCUT2D eigenvalue weighted by Crippen LogP contribution is 2.29. The van der Waals surface area contributed by atoms with Crippen LogP contribution in [0.3, 0.4) is 0 Å². The molecule has 0 radical (unpaired) electrons. The Morgan fingerprint density at radius 2 is 1.91 bits per heavy atom. The Morgan fingerprint density at radius 3 is 2.50 bits per heavy atom. The maximum atomic E-state index is 12.2. The van der Waals surface area contributed by atoms with Gasteiger partial charge in [0.1, 0.15) is 0 Å². The van der Waals surface area contributed by atoms with E-state index in [9.17, 15) is 4.79 Å². The fourth-order valence-corrected chi connectivity index (χ4v) is 3.19. The molecule has 1 aliphatic heterocycles. The van der Waals surface area contributed by atoms with E-state index in [-0.39, 0.29) is 5.91 Å². The molecule has 0 saturated carbocycles. The van der Waals surface area contributed by atoms with Crippen LogP contribution in [0.25, 0.3) is 0 Å².